The van der Waals surface area contributed by atoms with Gasteiger partial charge in [-0.05, 0) is 25.0 Å². The number of rotatable bonds is 3. The highest BCUT2D eigenvalue weighted by Crippen LogP contribution is 2.37. The first-order chi connectivity index (χ1) is 15.6. The molecule has 1 aromatic carbocycles. The Morgan fingerprint density at radius 1 is 1.12 bits per heavy atom. The molecular weight excluding hydrogens is 443 g/mol. The van der Waals surface area contributed by atoms with E-state index < -0.39 is 29.7 Å². The van der Waals surface area contributed by atoms with Crippen molar-refractivity contribution in [3.63, 3.8) is 0 Å². The summed E-state index contributed by atoms with van der Waals surface area (Å²) in [6, 6.07) is 1.41. The SMILES string of the molecule is N[C@@H]1[C@H](Nc2ncc3cncc(-c4c[nH]c5cc(C(F)(F)F)ccc45)c3n2)CCCC1(F)F. The standard InChI is InChI=1S/C22H19F5N6/c23-21(24)5-1-2-16(19(21)28)32-20-31-8-11-7-29-9-15(18(11)33-20)14-10-30-17-6-12(22(25,26)27)3-4-13(14)17/h3-4,6-10,16,19,30H,1-2,5,28H2,(H,31,32,33)/t16-,19-/m1/s1. The monoisotopic (exact) mass is 462 g/mol. The molecule has 11 heteroatoms. The van der Waals surface area contributed by atoms with Gasteiger partial charge in [0.25, 0.3) is 5.92 Å². The third-order valence-corrected chi connectivity index (χ3v) is 6.05. The molecule has 3 heterocycles. The quantitative estimate of drug-likeness (QED) is 0.368. The summed E-state index contributed by atoms with van der Waals surface area (Å²) in [6.45, 7) is 0. The summed E-state index contributed by atoms with van der Waals surface area (Å²) in [6.07, 6.45) is 2.31. The molecule has 0 amide bonds. The number of fused-ring (bicyclic) bond motifs is 2. The predicted octanol–water partition coefficient (Wildman–Crippen LogP) is 5.12. The Morgan fingerprint density at radius 3 is 2.73 bits per heavy atom. The molecule has 0 aliphatic heterocycles. The molecule has 1 saturated carbocycles. The number of H-pyrrole nitrogens is 1. The average Bonchev–Trinajstić information content (AvgIpc) is 3.19. The first-order valence-electron chi connectivity index (χ1n) is 10.3. The maximum absolute atomic E-state index is 14.0. The van der Waals surface area contributed by atoms with E-state index in [1.165, 1.54) is 12.3 Å². The molecule has 0 saturated heterocycles. The van der Waals surface area contributed by atoms with Crippen molar-refractivity contribution in [1.82, 2.24) is 19.9 Å². The number of aromatic amines is 1. The highest BCUT2D eigenvalue weighted by Gasteiger charge is 2.44. The second kappa shape index (κ2) is 7.62. The van der Waals surface area contributed by atoms with Crippen molar-refractivity contribution in [2.24, 2.45) is 5.73 Å². The van der Waals surface area contributed by atoms with Gasteiger partial charge >= 0.3 is 6.18 Å². The van der Waals surface area contributed by atoms with Crippen molar-refractivity contribution < 1.29 is 22.0 Å². The van der Waals surface area contributed by atoms with Gasteiger partial charge in [-0.25, -0.2) is 18.7 Å². The number of hydrogen-bond acceptors (Lipinski definition) is 5. The van der Waals surface area contributed by atoms with E-state index in [1.54, 1.807) is 18.6 Å². The fourth-order valence-corrected chi connectivity index (χ4v) is 4.27. The first kappa shape index (κ1) is 21.5. The van der Waals surface area contributed by atoms with Gasteiger partial charge < -0.3 is 16.0 Å². The van der Waals surface area contributed by atoms with Crippen LogP contribution in [0.4, 0.5) is 27.9 Å². The van der Waals surface area contributed by atoms with Gasteiger partial charge in [-0.2, -0.15) is 13.2 Å². The topological polar surface area (TPSA) is 92.5 Å². The number of aromatic nitrogens is 4. The molecule has 5 rings (SSSR count). The molecule has 4 N–H and O–H groups in total. The molecule has 0 unspecified atom stereocenters. The van der Waals surface area contributed by atoms with E-state index >= 15 is 0 Å². The number of nitrogens with one attached hydrogen (secondary N) is 2. The Hall–Kier alpha value is -3.34. The van der Waals surface area contributed by atoms with Crippen molar-refractivity contribution in [3.05, 3.63) is 48.5 Å². The van der Waals surface area contributed by atoms with Crippen LogP contribution >= 0.6 is 0 Å². The summed E-state index contributed by atoms with van der Waals surface area (Å²) in [5.74, 6) is -2.83. The second-order valence-corrected chi connectivity index (χ2v) is 8.21. The average molecular weight is 462 g/mol. The van der Waals surface area contributed by atoms with E-state index in [4.69, 9.17) is 5.73 Å². The zero-order valence-electron chi connectivity index (χ0n) is 17.1. The van der Waals surface area contributed by atoms with Crippen LogP contribution in [0, 0.1) is 0 Å². The highest BCUT2D eigenvalue weighted by atomic mass is 19.4. The van der Waals surface area contributed by atoms with Crippen molar-refractivity contribution in [2.75, 3.05) is 5.32 Å². The number of anilines is 1. The third-order valence-electron chi connectivity index (χ3n) is 6.05. The van der Waals surface area contributed by atoms with Gasteiger partial charge in [0, 0.05) is 58.6 Å². The molecule has 0 radical (unpaired) electrons. The zero-order valence-corrected chi connectivity index (χ0v) is 17.1. The Labute approximate surface area is 184 Å². The minimum Gasteiger partial charge on any atom is -0.361 e. The van der Waals surface area contributed by atoms with E-state index in [0.717, 1.165) is 12.1 Å². The van der Waals surface area contributed by atoms with Gasteiger partial charge in [0.2, 0.25) is 5.95 Å². The van der Waals surface area contributed by atoms with Crippen molar-refractivity contribution >= 4 is 27.8 Å². The van der Waals surface area contributed by atoms with E-state index in [1.807, 2.05) is 0 Å². The molecule has 1 fully saturated rings. The van der Waals surface area contributed by atoms with E-state index in [2.05, 4.69) is 25.3 Å². The second-order valence-electron chi connectivity index (χ2n) is 8.21. The summed E-state index contributed by atoms with van der Waals surface area (Å²) in [5.41, 5.74) is 7.00. The molecule has 2 atom stereocenters. The Morgan fingerprint density at radius 2 is 1.94 bits per heavy atom. The van der Waals surface area contributed by atoms with Crippen LogP contribution in [0.3, 0.4) is 0 Å². The molecule has 4 aromatic rings. The fraction of sp³-hybridized carbons (Fsp3) is 0.318. The minimum absolute atomic E-state index is 0.146. The lowest BCUT2D eigenvalue weighted by Gasteiger charge is -2.35. The molecule has 0 bridgehead atoms. The molecule has 6 nitrogen and oxygen atoms in total. The van der Waals surface area contributed by atoms with Gasteiger partial charge in [0.1, 0.15) is 0 Å². The summed E-state index contributed by atoms with van der Waals surface area (Å²) >= 11 is 0. The molecule has 1 aliphatic rings. The lowest BCUT2D eigenvalue weighted by atomic mass is 9.87. The van der Waals surface area contributed by atoms with Gasteiger partial charge in [0.05, 0.1) is 23.2 Å². The lowest BCUT2D eigenvalue weighted by Crippen LogP contribution is -2.55. The summed E-state index contributed by atoms with van der Waals surface area (Å²) < 4.78 is 67.2. The Kier molecular flexibility index (Phi) is 4.96. The van der Waals surface area contributed by atoms with E-state index in [9.17, 15) is 22.0 Å². The van der Waals surface area contributed by atoms with Gasteiger partial charge in [-0.15, -0.1) is 0 Å². The van der Waals surface area contributed by atoms with Crippen molar-refractivity contribution in [1.29, 1.82) is 0 Å². The van der Waals surface area contributed by atoms with Crippen LogP contribution in [-0.2, 0) is 6.18 Å². The predicted molar refractivity (Wildman–Crippen MR) is 114 cm³/mol. The van der Waals surface area contributed by atoms with Crippen LogP contribution in [0.25, 0.3) is 32.9 Å². The Balaban J connectivity index is 1.55. The third kappa shape index (κ3) is 3.86. The summed E-state index contributed by atoms with van der Waals surface area (Å²) in [7, 11) is 0. The normalized spacial score (nSPS) is 20.9. The van der Waals surface area contributed by atoms with Crippen LogP contribution in [0.2, 0.25) is 0 Å². The number of halogens is 5. The van der Waals surface area contributed by atoms with Crippen LogP contribution in [0.1, 0.15) is 24.8 Å². The largest absolute Gasteiger partial charge is 0.416 e. The van der Waals surface area contributed by atoms with E-state index in [0.29, 0.717) is 45.8 Å². The number of nitrogens with zero attached hydrogens (tertiary/aromatic N) is 3. The van der Waals surface area contributed by atoms with Crippen LogP contribution in [-0.4, -0.2) is 37.9 Å². The summed E-state index contributed by atoms with van der Waals surface area (Å²) in [5, 5.41) is 4.10. The van der Waals surface area contributed by atoms with Crippen LogP contribution in [0.15, 0.2) is 43.0 Å². The van der Waals surface area contributed by atoms with Gasteiger partial charge in [0.15, 0.2) is 0 Å². The molecule has 3 aromatic heterocycles. The first-order valence-corrected chi connectivity index (χ1v) is 10.3. The maximum atomic E-state index is 14.0. The number of benzene rings is 1. The smallest absolute Gasteiger partial charge is 0.361 e. The number of nitrogens with two attached hydrogens (primary N) is 1. The lowest BCUT2D eigenvalue weighted by molar-refractivity contribution is -0.137. The summed E-state index contributed by atoms with van der Waals surface area (Å²) in [4.78, 5) is 15.8. The van der Waals surface area contributed by atoms with Crippen LogP contribution in [0.5, 0.6) is 0 Å². The van der Waals surface area contributed by atoms with Gasteiger partial charge in [-0.3, -0.25) is 4.98 Å². The van der Waals surface area contributed by atoms with Crippen molar-refractivity contribution in [2.45, 2.75) is 43.4 Å². The molecular formula is C22H19F5N6. The molecule has 172 valence electrons. The van der Waals surface area contributed by atoms with Gasteiger partial charge in [-0.1, -0.05) is 6.07 Å². The minimum atomic E-state index is -4.45. The highest BCUT2D eigenvalue weighted by molar-refractivity contribution is 6.03. The van der Waals surface area contributed by atoms with Crippen LogP contribution < -0.4 is 11.1 Å². The molecule has 0 spiro atoms. The molecule has 1 aliphatic carbocycles. The fourth-order valence-electron chi connectivity index (χ4n) is 4.27. The zero-order chi connectivity index (χ0) is 23.4. The van der Waals surface area contributed by atoms with Crippen molar-refractivity contribution in [3.8, 4) is 11.1 Å². The number of alkyl halides is 5. The maximum Gasteiger partial charge on any atom is 0.416 e. The van der Waals surface area contributed by atoms with E-state index in [-0.39, 0.29) is 12.4 Å². The number of hydrogen-bond donors (Lipinski definition) is 3. The Bertz CT molecular complexity index is 1330. The number of pyridine rings is 1. The molecule has 33 heavy (non-hydrogen) atoms.